The Labute approximate surface area is 192 Å². The van der Waals surface area contributed by atoms with Gasteiger partial charge in [-0.2, -0.15) is 0 Å². The summed E-state index contributed by atoms with van der Waals surface area (Å²) in [4.78, 5) is 16.5. The van der Waals surface area contributed by atoms with Crippen molar-refractivity contribution in [1.82, 2.24) is 10.3 Å². The zero-order valence-electron chi connectivity index (χ0n) is 18.7. The van der Waals surface area contributed by atoms with E-state index in [0.29, 0.717) is 29.9 Å². The quantitative estimate of drug-likeness (QED) is 0.287. The van der Waals surface area contributed by atoms with Gasteiger partial charge in [0.15, 0.2) is 0 Å². The Bertz CT molecular complexity index is 1240. The molecule has 0 radical (unpaired) electrons. The number of hydrogen-bond acceptors (Lipinski definition) is 6. The number of aliphatic hydroxyl groups excluding tert-OH is 1. The molecular formula is C27H28N2O4. The third-order valence-corrected chi connectivity index (χ3v) is 5.64. The van der Waals surface area contributed by atoms with Crippen LogP contribution in [0.2, 0.25) is 0 Å². The topological polar surface area (TPSA) is 84.6 Å². The molecule has 2 heterocycles. The fourth-order valence-electron chi connectivity index (χ4n) is 3.76. The summed E-state index contributed by atoms with van der Waals surface area (Å²) in [6, 6.07) is 19.2. The minimum absolute atomic E-state index is 0.167. The molecule has 0 aliphatic carbocycles. The van der Waals surface area contributed by atoms with Crippen LogP contribution in [0.15, 0.2) is 82.3 Å². The highest BCUT2D eigenvalue weighted by Crippen LogP contribution is 2.25. The largest absolute Gasteiger partial charge is 0.491 e. The van der Waals surface area contributed by atoms with Crippen LogP contribution in [0.25, 0.3) is 11.0 Å². The Hall–Kier alpha value is -3.48. The van der Waals surface area contributed by atoms with Gasteiger partial charge in [-0.1, -0.05) is 30.3 Å². The molecule has 6 nitrogen and oxygen atoms in total. The summed E-state index contributed by atoms with van der Waals surface area (Å²) in [7, 11) is 0. The first-order valence-corrected chi connectivity index (χ1v) is 11.1. The van der Waals surface area contributed by atoms with Gasteiger partial charge in [0.2, 0.25) is 0 Å². The molecular weight excluding hydrogens is 416 g/mol. The molecule has 0 bridgehead atoms. The molecule has 0 spiro atoms. The first kappa shape index (κ1) is 22.7. The van der Waals surface area contributed by atoms with Gasteiger partial charge in [-0.25, -0.2) is 4.79 Å². The number of hydrogen-bond donors (Lipinski definition) is 2. The maximum absolute atomic E-state index is 12.5. The normalized spacial score (nSPS) is 12.1. The predicted octanol–water partition coefficient (Wildman–Crippen LogP) is 3.66. The lowest BCUT2D eigenvalue weighted by atomic mass is 9.99. The molecule has 2 aromatic carbocycles. The average Bonchev–Trinajstić information content (AvgIpc) is 2.84. The van der Waals surface area contributed by atoms with Crippen LogP contribution in [-0.4, -0.2) is 35.9 Å². The van der Waals surface area contributed by atoms with Crippen molar-refractivity contribution >= 4 is 11.0 Å². The summed E-state index contributed by atoms with van der Waals surface area (Å²) in [6.45, 7) is 3.30. The number of pyridine rings is 1. The molecule has 4 aromatic rings. The van der Waals surface area contributed by atoms with E-state index in [1.807, 2.05) is 55.5 Å². The molecule has 0 aliphatic heterocycles. The standard InChI is InChI=1S/C27H28N2O4/c1-19-24-16-23(32-18-22(30)17-29-14-11-20-9-12-28-13-10-20)7-8-26(24)33-27(31)25(19)15-21-5-3-2-4-6-21/h2-10,12-13,16,22,29-30H,11,14-15,17-18H2,1H3. The number of benzene rings is 2. The fourth-order valence-corrected chi connectivity index (χ4v) is 3.76. The van der Waals surface area contributed by atoms with Crippen LogP contribution >= 0.6 is 0 Å². The molecule has 6 heteroatoms. The Morgan fingerprint density at radius 3 is 2.64 bits per heavy atom. The molecule has 1 atom stereocenters. The minimum Gasteiger partial charge on any atom is -0.491 e. The number of fused-ring (bicyclic) bond motifs is 1. The monoisotopic (exact) mass is 444 g/mol. The second-order valence-electron chi connectivity index (χ2n) is 8.09. The molecule has 0 fully saturated rings. The average molecular weight is 445 g/mol. The van der Waals surface area contributed by atoms with E-state index in [0.717, 1.165) is 29.5 Å². The van der Waals surface area contributed by atoms with E-state index in [2.05, 4.69) is 10.3 Å². The van der Waals surface area contributed by atoms with E-state index in [9.17, 15) is 9.90 Å². The second kappa shape index (κ2) is 10.9. The molecule has 2 aromatic heterocycles. The van der Waals surface area contributed by atoms with Crippen molar-refractivity contribution < 1.29 is 14.3 Å². The Kier molecular flexibility index (Phi) is 7.50. The van der Waals surface area contributed by atoms with Crippen molar-refractivity contribution in [3.8, 4) is 5.75 Å². The SMILES string of the molecule is Cc1c(Cc2ccccc2)c(=O)oc2ccc(OCC(O)CNCCc3ccncc3)cc12. The van der Waals surface area contributed by atoms with E-state index >= 15 is 0 Å². The van der Waals surface area contributed by atoms with Gasteiger partial charge in [0.25, 0.3) is 0 Å². The Morgan fingerprint density at radius 2 is 1.85 bits per heavy atom. The highest BCUT2D eigenvalue weighted by Gasteiger charge is 2.13. The lowest BCUT2D eigenvalue weighted by Gasteiger charge is -2.14. The third kappa shape index (κ3) is 6.06. The Morgan fingerprint density at radius 1 is 1.06 bits per heavy atom. The second-order valence-corrected chi connectivity index (χ2v) is 8.09. The van der Waals surface area contributed by atoms with Crippen LogP contribution in [0.1, 0.15) is 22.3 Å². The van der Waals surface area contributed by atoms with Gasteiger partial charge >= 0.3 is 5.63 Å². The highest BCUT2D eigenvalue weighted by molar-refractivity contribution is 5.82. The van der Waals surface area contributed by atoms with Crippen LogP contribution in [0.3, 0.4) is 0 Å². The first-order valence-electron chi connectivity index (χ1n) is 11.1. The van der Waals surface area contributed by atoms with Gasteiger partial charge in [-0.3, -0.25) is 4.98 Å². The summed E-state index contributed by atoms with van der Waals surface area (Å²) in [5.41, 5.74) is 4.00. The van der Waals surface area contributed by atoms with Gasteiger partial charge in [0.05, 0.1) is 0 Å². The fraction of sp³-hybridized carbons (Fsp3) is 0.259. The Balaban J connectivity index is 1.36. The molecule has 0 amide bonds. The zero-order valence-corrected chi connectivity index (χ0v) is 18.7. The van der Waals surface area contributed by atoms with Gasteiger partial charge in [0, 0.05) is 36.3 Å². The molecule has 0 saturated heterocycles. The van der Waals surface area contributed by atoms with E-state index < -0.39 is 6.10 Å². The summed E-state index contributed by atoms with van der Waals surface area (Å²) in [6.07, 6.45) is 4.30. The van der Waals surface area contributed by atoms with Crippen molar-refractivity contribution in [1.29, 1.82) is 0 Å². The van der Waals surface area contributed by atoms with Gasteiger partial charge in [-0.15, -0.1) is 0 Å². The van der Waals surface area contributed by atoms with E-state index in [1.165, 1.54) is 5.56 Å². The molecule has 2 N–H and O–H groups in total. The summed E-state index contributed by atoms with van der Waals surface area (Å²) < 4.78 is 11.4. The van der Waals surface area contributed by atoms with E-state index in [-0.39, 0.29) is 12.2 Å². The maximum atomic E-state index is 12.5. The van der Waals surface area contributed by atoms with Crippen molar-refractivity contribution in [2.75, 3.05) is 19.7 Å². The van der Waals surface area contributed by atoms with Crippen molar-refractivity contribution in [2.24, 2.45) is 0 Å². The smallest absolute Gasteiger partial charge is 0.340 e. The van der Waals surface area contributed by atoms with Crippen molar-refractivity contribution in [3.05, 3.63) is 106 Å². The van der Waals surface area contributed by atoms with Gasteiger partial charge in [-0.05, 0) is 66.9 Å². The van der Waals surface area contributed by atoms with Gasteiger partial charge < -0.3 is 19.6 Å². The molecule has 0 aliphatic rings. The van der Waals surface area contributed by atoms with E-state index in [1.54, 1.807) is 24.5 Å². The number of aryl methyl sites for hydroxylation is 1. The molecule has 1 unspecified atom stereocenters. The van der Waals surface area contributed by atoms with Crippen LogP contribution < -0.4 is 15.7 Å². The minimum atomic E-state index is -0.637. The number of nitrogens with one attached hydrogen (secondary N) is 1. The molecule has 0 saturated carbocycles. The molecule has 170 valence electrons. The summed E-state index contributed by atoms with van der Waals surface area (Å²) in [5, 5.41) is 14.3. The summed E-state index contributed by atoms with van der Waals surface area (Å²) in [5.74, 6) is 0.626. The highest BCUT2D eigenvalue weighted by atomic mass is 16.5. The maximum Gasteiger partial charge on any atom is 0.340 e. The van der Waals surface area contributed by atoms with Crippen LogP contribution in [0.4, 0.5) is 0 Å². The number of ether oxygens (including phenoxy) is 1. The van der Waals surface area contributed by atoms with Gasteiger partial charge in [0.1, 0.15) is 24.0 Å². The van der Waals surface area contributed by atoms with Crippen LogP contribution in [0.5, 0.6) is 5.75 Å². The summed E-state index contributed by atoms with van der Waals surface area (Å²) >= 11 is 0. The lowest BCUT2D eigenvalue weighted by molar-refractivity contribution is 0.107. The molecule has 33 heavy (non-hydrogen) atoms. The lowest BCUT2D eigenvalue weighted by Crippen LogP contribution is -2.32. The predicted molar refractivity (Wildman–Crippen MR) is 129 cm³/mol. The number of rotatable bonds is 10. The third-order valence-electron chi connectivity index (χ3n) is 5.64. The van der Waals surface area contributed by atoms with Crippen LogP contribution in [0, 0.1) is 6.92 Å². The number of aliphatic hydroxyl groups is 1. The van der Waals surface area contributed by atoms with E-state index in [4.69, 9.17) is 9.15 Å². The van der Waals surface area contributed by atoms with Crippen molar-refractivity contribution in [3.63, 3.8) is 0 Å². The number of aromatic nitrogens is 1. The zero-order chi connectivity index (χ0) is 23.0. The van der Waals surface area contributed by atoms with Crippen molar-refractivity contribution in [2.45, 2.75) is 25.9 Å². The van der Waals surface area contributed by atoms with Crippen LogP contribution in [-0.2, 0) is 12.8 Å². The molecule has 4 rings (SSSR count). The number of nitrogens with zero attached hydrogens (tertiary/aromatic N) is 1. The first-order chi connectivity index (χ1) is 16.1.